The maximum Gasteiger partial charge on any atom is 0.323 e. The largest absolute Gasteiger partial charge is 0.506 e. The Balaban J connectivity index is 0.000000212. The van der Waals surface area contributed by atoms with E-state index in [4.69, 9.17) is 53.8 Å². The van der Waals surface area contributed by atoms with Crippen molar-refractivity contribution in [1.82, 2.24) is 0 Å². The minimum Gasteiger partial charge on any atom is -0.506 e. The van der Waals surface area contributed by atoms with Gasteiger partial charge in [0.25, 0.3) is 0 Å². The van der Waals surface area contributed by atoms with Crippen LogP contribution >= 0.6 is 34.8 Å². The summed E-state index contributed by atoms with van der Waals surface area (Å²) < 4.78 is 20.7. The van der Waals surface area contributed by atoms with Crippen molar-refractivity contribution in [3.63, 3.8) is 0 Å². The van der Waals surface area contributed by atoms with Gasteiger partial charge in [0.05, 0.1) is 49.2 Å². The highest BCUT2D eigenvalue weighted by atomic mass is 35.5. The molecular weight excluding hydrogens is 891 g/mol. The van der Waals surface area contributed by atoms with Gasteiger partial charge in [0.1, 0.15) is 23.0 Å². The number of phenols is 3. The number of aromatic hydroxyl groups is 3. The molecule has 6 amide bonds. The van der Waals surface area contributed by atoms with Crippen LogP contribution in [0.1, 0.15) is 11.1 Å². The summed E-state index contributed by atoms with van der Waals surface area (Å²) in [5, 5.41) is 44.5. The number of halogens is 3. The third-order valence-electron chi connectivity index (χ3n) is 8.59. The second-order valence-corrected chi connectivity index (χ2v) is 14.4. The van der Waals surface area contributed by atoms with E-state index in [9.17, 15) is 29.7 Å². The molecule has 0 bridgehead atoms. The zero-order valence-corrected chi connectivity index (χ0v) is 37.5. The number of urea groups is 3. The number of methoxy groups -OCH3 is 4. The molecule has 19 heteroatoms. The van der Waals surface area contributed by atoms with Gasteiger partial charge in [-0.1, -0.05) is 59.1 Å². The molecule has 6 aromatic rings. The smallest absolute Gasteiger partial charge is 0.323 e. The Labute approximate surface area is 384 Å². The van der Waals surface area contributed by atoms with Crippen LogP contribution in [0.5, 0.6) is 40.2 Å². The molecule has 64 heavy (non-hydrogen) atoms. The summed E-state index contributed by atoms with van der Waals surface area (Å²) in [7, 11) is 6.02. The van der Waals surface area contributed by atoms with Crippen molar-refractivity contribution in [2.75, 3.05) is 60.3 Å². The number of carbonyl (C=O) groups is 3. The molecule has 6 aromatic carbocycles. The van der Waals surface area contributed by atoms with Crippen LogP contribution in [0.4, 0.5) is 48.5 Å². The van der Waals surface area contributed by atoms with Gasteiger partial charge in [-0.3, -0.25) is 0 Å². The van der Waals surface area contributed by atoms with E-state index in [1.165, 1.54) is 63.8 Å². The van der Waals surface area contributed by atoms with Crippen LogP contribution in [0.3, 0.4) is 0 Å². The first kappa shape index (κ1) is 49.3. The Morgan fingerprint density at radius 1 is 0.438 bits per heavy atom. The van der Waals surface area contributed by atoms with Crippen molar-refractivity contribution in [3.8, 4) is 40.2 Å². The molecule has 0 unspecified atom stereocenters. The van der Waals surface area contributed by atoms with Gasteiger partial charge in [0, 0.05) is 46.6 Å². The van der Waals surface area contributed by atoms with Gasteiger partial charge in [-0.15, -0.1) is 0 Å². The molecule has 0 spiro atoms. The second-order valence-electron chi connectivity index (χ2n) is 13.1. The molecule has 9 N–H and O–H groups in total. The lowest BCUT2D eigenvalue weighted by Crippen LogP contribution is -2.20. The Morgan fingerprint density at radius 3 is 1.19 bits per heavy atom. The number of hydrogen-bond donors (Lipinski definition) is 9. The summed E-state index contributed by atoms with van der Waals surface area (Å²) in [5.74, 6) is 1.79. The van der Waals surface area contributed by atoms with Gasteiger partial charge >= 0.3 is 18.1 Å². The van der Waals surface area contributed by atoms with E-state index in [1.54, 1.807) is 55.6 Å². The number of anilines is 6. The Bertz CT molecular complexity index is 2550. The normalized spacial score (nSPS) is 10.0. The topological polar surface area (TPSA) is 221 Å². The predicted molar refractivity (Wildman–Crippen MR) is 252 cm³/mol. The van der Waals surface area contributed by atoms with E-state index in [1.807, 2.05) is 32.0 Å². The maximum absolute atomic E-state index is 12.1. The van der Waals surface area contributed by atoms with E-state index in [0.29, 0.717) is 51.4 Å². The van der Waals surface area contributed by atoms with Crippen LogP contribution in [0.25, 0.3) is 0 Å². The predicted octanol–water partition coefficient (Wildman–Crippen LogP) is 11.7. The number of rotatable bonds is 10. The first-order valence-electron chi connectivity index (χ1n) is 18.7. The summed E-state index contributed by atoms with van der Waals surface area (Å²) in [6, 6.07) is 28.0. The highest BCUT2D eigenvalue weighted by molar-refractivity contribution is 6.33. The number of benzene rings is 6. The van der Waals surface area contributed by atoms with Crippen molar-refractivity contribution < 1.29 is 48.7 Å². The molecule has 0 aromatic heterocycles. The van der Waals surface area contributed by atoms with Crippen LogP contribution in [0, 0.1) is 13.8 Å². The molecular formula is C45H45Cl3N6O10. The number of carbonyl (C=O) groups excluding carboxylic acids is 3. The van der Waals surface area contributed by atoms with Crippen LogP contribution in [0.2, 0.25) is 15.1 Å². The number of nitrogens with one attached hydrogen (secondary N) is 6. The lowest BCUT2D eigenvalue weighted by molar-refractivity contribution is 0.261. The van der Waals surface area contributed by atoms with Crippen molar-refractivity contribution in [3.05, 3.63) is 135 Å². The highest BCUT2D eigenvalue weighted by Gasteiger charge is 2.15. The number of para-hydroxylation sites is 1. The first-order chi connectivity index (χ1) is 30.5. The summed E-state index contributed by atoms with van der Waals surface area (Å²) in [5.41, 5.74) is 5.24. The third kappa shape index (κ3) is 14.6. The maximum atomic E-state index is 12.1. The SMILES string of the molecule is COc1cc(NC(=O)Nc2ccc(O)c(Cl)c2)cc(OC)c1OC.COc1cccc(NC(=O)Nc2ccc(O)c(Cl)c2)c1.Cc1cccc(C)c1NC(=O)Nc1ccc(O)c(Cl)c1. The monoisotopic (exact) mass is 934 g/mol. The summed E-state index contributed by atoms with van der Waals surface area (Å²) in [6.07, 6.45) is 0. The second kappa shape index (κ2) is 23.7. The molecule has 0 aliphatic carbocycles. The molecule has 0 saturated carbocycles. The highest BCUT2D eigenvalue weighted by Crippen LogP contribution is 2.40. The van der Waals surface area contributed by atoms with Crippen LogP contribution in [0.15, 0.2) is 109 Å². The van der Waals surface area contributed by atoms with E-state index in [-0.39, 0.29) is 38.3 Å². The molecule has 0 atom stereocenters. The quantitative estimate of drug-likeness (QED) is 0.0591. The van der Waals surface area contributed by atoms with Gasteiger partial charge in [0.15, 0.2) is 11.5 Å². The molecule has 0 heterocycles. The van der Waals surface area contributed by atoms with E-state index < -0.39 is 12.1 Å². The van der Waals surface area contributed by atoms with Gasteiger partial charge in [-0.25, -0.2) is 14.4 Å². The average molecular weight is 936 g/mol. The lowest BCUT2D eigenvalue weighted by atomic mass is 10.1. The van der Waals surface area contributed by atoms with Crippen molar-refractivity contribution in [2.24, 2.45) is 0 Å². The Kier molecular flexibility index (Phi) is 18.3. The van der Waals surface area contributed by atoms with Gasteiger partial charge in [0.2, 0.25) is 5.75 Å². The standard InChI is InChI=1S/C16H17ClN2O5.C15H15ClN2O2.C14H13ClN2O3/c1-22-13-7-10(8-14(23-2)15(13)24-3)19-16(21)18-9-4-5-12(20)11(17)6-9;1-9-4-3-5-10(2)14(9)18-15(20)17-11-6-7-13(19)12(16)8-11;1-20-11-4-2-3-9(7-11)16-14(19)17-10-5-6-13(18)12(15)8-10/h4-8,20H,1-3H3,(H2,18,19,21);3-8,19H,1-2H3,(H2,17,18,20);2-8,18H,1H3,(H2,16,17,19). The Morgan fingerprint density at radius 2 is 0.812 bits per heavy atom. The summed E-state index contributed by atoms with van der Waals surface area (Å²) >= 11 is 17.3. The number of hydrogen-bond acceptors (Lipinski definition) is 10. The number of aryl methyl sites for hydroxylation is 2. The van der Waals surface area contributed by atoms with Crippen molar-refractivity contribution in [2.45, 2.75) is 13.8 Å². The zero-order valence-electron chi connectivity index (χ0n) is 35.2. The molecule has 0 saturated heterocycles. The molecule has 6 rings (SSSR count). The summed E-state index contributed by atoms with van der Waals surface area (Å²) in [6.45, 7) is 3.86. The number of phenolic OH excluding ortho intramolecular Hbond substituents is 3. The van der Waals surface area contributed by atoms with Crippen LogP contribution in [-0.2, 0) is 0 Å². The van der Waals surface area contributed by atoms with Crippen LogP contribution < -0.4 is 50.8 Å². The van der Waals surface area contributed by atoms with Crippen LogP contribution in [-0.4, -0.2) is 61.9 Å². The zero-order chi connectivity index (χ0) is 46.9. The molecule has 0 aliphatic rings. The molecule has 0 aliphatic heterocycles. The third-order valence-corrected chi connectivity index (χ3v) is 9.49. The summed E-state index contributed by atoms with van der Waals surface area (Å²) in [4.78, 5) is 35.9. The van der Waals surface area contributed by atoms with Gasteiger partial charge in [-0.05, 0) is 91.7 Å². The molecule has 0 radical (unpaired) electrons. The molecule has 336 valence electrons. The fourth-order valence-electron chi connectivity index (χ4n) is 5.48. The van der Waals surface area contributed by atoms with E-state index >= 15 is 0 Å². The minimum atomic E-state index is -0.494. The molecule has 16 nitrogen and oxygen atoms in total. The van der Waals surface area contributed by atoms with E-state index in [0.717, 1.165) is 16.8 Å². The fraction of sp³-hybridized carbons (Fsp3) is 0.133. The average Bonchev–Trinajstić information content (AvgIpc) is 3.26. The molecule has 0 fully saturated rings. The van der Waals surface area contributed by atoms with Gasteiger partial charge < -0.3 is 66.2 Å². The van der Waals surface area contributed by atoms with E-state index in [2.05, 4.69) is 31.9 Å². The Hall–Kier alpha value is -7.40. The lowest BCUT2D eigenvalue weighted by Gasteiger charge is -2.15. The number of ether oxygens (including phenoxy) is 4. The first-order valence-corrected chi connectivity index (χ1v) is 19.9. The van der Waals surface area contributed by atoms with Crippen molar-refractivity contribution in [1.29, 1.82) is 0 Å². The van der Waals surface area contributed by atoms with Crippen molar-refractivity contribution >= 4 is 87.0 Å². The van der Waals surface area contributed by atoms with Gasteiger partial charge in [-0.2, -0.15) is 0 Å². The minimum absolute atomic E-state index is 0.0210. The number of amides is 6. The fourth-order valence-corrected chi connectivity index (χ4v) is 6.02.